The number of hydrogen-bond acceptors (Lipinski definition) is 5. The van der Waals surface area contributed by atoms with Gasteiger partial charge in [0, 0.05) is 31.7 Å². The third-order valence-corrected chi connectivity index (χ3v) is 6.35. The molecule has 0 aliphatic carbocycles. The number of hydrogen-bond donors (Lipinski definition) is 0. The molecule has 2 amide bonds. The first-order chi connectivity index (χ1) is 17.5. The summed E-state index contributed by atoms with van der Waals surface area (Å²) >= 11 is 0. The van der Waals surface area contributed by atoms with Crippen molar-refractivity contribution in [2.24, 2.45) is 0 Å². The van der Waals surface area contributed by atoms with Crippen LogP contribution in [0.15, 0.2) is 66.9 Å². The molecule has 1 aliphatic rings. The molecule has 2 aromatic heterocycles. The van der Waals surface area contributed by atoms with Crippen molar-refractivity contribution in [2.75, 3.05) is 33.3 Å². The van der Waals surface area contributed by atoms with Crippen LogP contribution in [-0.2, 0) is 11.3 Å². The summed E-state index contributed by atoms with van der Waals surface area (Å²) in [5.41, 5.74) is 3.32. The number of amides is 2. The van der Waals surface area contributed by atoms with Crippen LogP contribution in [0.3, 0.4) is 0 Å². The van der Waals surface area contributed by atoms with Crippen LogP contribution in [0.25, 0.3) is 22.3 Å². The fourth-order valence-corrected chi connectivity index (χ4v) is 4.51. The predicted molar refractivity (Wildman–Crippen MR) is 133 cm³/mol. The highest BCUT2D eigenvalue weighted by Crippen LogP contribution is 2.27. The van der Waals surface area contributed by atoms with Gasteiger partial charge in [-0.15, -0.1) is 0 Å². The Hall–Kier alpha value is -4.27. The van der Waals surface area contributed by atoms with Crippen molar-refractivity contribution in [2.45, 2.75) is 13.0 Å². The lowest BCUT2D eigenvalue weighted by atomic mass is 10.1. The Morgan fingerprint density at radius 1 is 0.972 bits per heavy atom. The van der Waals surface area contributed by atoms with Crippen LogP contribution in [0.5, 0.6) is 0 Å². The number of benzene rings is 2. The summed E-state index contributed by atoms with van der Waals surface area (Å²) < 4.78 is 20.3. The molecular weight excluding hydrogens is 461 g/mol. The van der Waals surface area contributed by atoms with E-state index in [0.717, 1.165) is 11.1 Å². The van der Waals surface area contributed by atoms with Gasteiger partial charge in [0.05, 0.1) is 36.5 Å². The van der Waals surface area contributed by atoms with Crippen LogP contribution in [-0.4, -0.2) is 69.9 Å². The van der Waals surface area contributed by atoms with Gasteiger partial charge in [0.25, 0.3) is 5.91 Å². The second-order valence-corrected chi connectivity index (χ2v) is 8.69. The van der Waals surface area contributed by atoms with Gasteiger partial charge in [-0.1, -0.05) is 42.5 Å². The van der Waals surface area contributed by atoms with Crippen molar-refractivity contribution in [1.82, 2.24) is 24.6 Å². The third kappa shape index (κ3) is 4.77. The molecule has 0 saturated carbocycles. The first-order valence-corrected chi connectivity index (χ1v) is 11.8. The van der Waals surface area contributed by atoms with Gasteiger partial charge in [-0.25, -0.2) is 18.9 Å². The smallest absolute Gasteiger partial charge is 0.409 e. The first-order valence-electron chi connectivity index (χ1n) is 11.8. The van der Waals surface area contributed by atoms with Gasteiger partial charge in [-0.3, -0.25) is 4.79 Å². The van der Waals surface area contributed by atoms with Gasteiger partial charge in [0.1, 0.15) is 5.82 Å². The number of carbonyl (C=O) groups excluding carboxylic acids is 2. The molecule has 0 unspecified atom stereocenters. The molecule has 36 heavy (non-hydrogen) atoms. The Balaban J connectivity index is 1.54. The minimum absolute atomic E-state index is 0.142. The zero-order valence-corrected chi connectivity index (χ0v) is 19.9. The van der Waals surface area contributed by atoms with E-state index < -0.39 is 0 Å². The third-order valence-electron chi connectivity index (χ3n) is 6.35. The van der Waals surface area contributed by atoms with Crippen molar-refractivity contribution < 1.29 is 18.7 Å². The fraction of sp³-hybridized carbons (Fsp3) is 0.259. The monoisotopic (exact) mass is 487 g/mol. The summed E-state index contributed by atoms with van der Waals surface area (Å²) in [7, 11) is 1.36. The van der Waals surface area contributed by atoms with E-state index in [1.165, 1.54) is 19.2 Å². The Morgan fingerprint density at radius 3 is 2.53 bits per heavy atom. The summed E-state index contributed by atoms with van der Waals surface area (Å²) in [5.74, 6) is -0.462. The molecule has 1 fully saturated rings. The number of pyridine rings is 1. The molecule has 8 nitrogen and oxygen atoms in total. The highest BCUT2D eigenvalue weighted by Gasteiger charge is 2.26. The van der Waals surface area contributed by atoms with Crippen LogP contribution in [0.2, 0.25) is 0 Å². The van der Waals surface area contributed by atoms with E-state index in [2.05, 4.69) is 5.10 Å². The Bertz CT molecular complexity index is 1410. The SMILES string of the molecule is COC(=O)N1CCCN(C(=O)c2cc(-c3ccccc3)nc3c2cnn3Cc2cccc(F)c2)CC1. The van der Waals surface area contributed by atoms with Crippen molar-refractivity contribution in [3.05, 3.63) is 83.8 Å². The van der Waals surface area contributed by atoms with Crippen LogP contribution in [0, 0.1) is 5.82 Å². The van der Waals surface area contributed by atoms with Crippen molar-refractivity contribution in [3.63, 3.8) is 0 Å². The number of fused-ring (bicyclic) bond motifs is 1. The lowest BCUT2D eigenvalue weighted by Gasteiger charge is -2.22. The molecule has 5 rings (SSSR count). The van der Waals surface area contributed by atoms with Gasteiger partial charge in [0.2, 0.25) is 0 Å². The van der Waals surface area contributed by atoms with E-state index in [1.807, 2.05) is 36.4 Å². The first kappa shape index (κ1) is 23.5. The maximum atomic E-state index is 13.8. The summed E-state index contributed by atoms with van der Waals surface area (Å²) in [6.07, 6.45) is 1.90. The summed E-state index contributed by atoms with van der Waals surface area (Å²) in [6, 6.07) is 17.8. The van der Waals surface area contributed by atoms with Gasteiger partial charge in [-0.05, 0) is 30.2 Å². The van der Waals surface area contributed by atoms with Gasteiger partial charge in [0.15, 0.2) is 5.65 Å². The molecule has 9 heteroatoms. The molecule has 4 aromatic rings. The topological polar surface area (TPSA) is 80.6 Å². The number of aromatic nitrogens is 3. The van der Waals surface area contributed by atoms with Gasteiger partial charge >= 0.3 is 6.09 Å². The van der Waals surface area contributed by atoms with E-state index in [1.54, 1.807) is 32.8 Å². The molecule has 1 saturated heterocycles. The van der Waals surface area contributed by atoms with E-state index >= 15 is 0 Å². The number of rotatable bonds is 4. The van der Waals surface area contributed by atoms with Crippen molar-refractivity contribution >= 4 is 23.0 Å². The van der Waals surface area contributed by atoms with Gasteiger partial charge in [-0.2, -0.15) is 5.10 Å². The maximum absolute atomic E-state index is 13.8. The predicted octanol–water partition coefficient (Wildman–Crippen LogP) is 4.20. The maximum Gasteiger partial charge on any atom is 0.409 e. The van der Waals surface area contributed by atoms with E-state index in [-0.39, 0.29) is 17.8 Å². The Labute approximate surface area is 207 Å². The molecule has 0 spiro atoms. The van der Waals surface area contributed by atoms with Gasteiger partial charge < -0.3 is 14.5 Å². The molecular formula is C27H26FN5O3. The van der Waals surface area contributed by atoms with E-state index in [9.17, 15) is 14.0 Å². The molecule has 0 bridgehead atoms. The van der Waals surface area contributed by atoms with E-state index in [0.29, 0.717) is 61.4 Å². The van der Waals surface area contributed by atoms with Crippen LogP contribution < -0.4 is 0 Å². The van der Waals surface area contributed by atoms with Crippen LogP contribution >= 0.6 is 0 Å². The molecule has 3 heterocycles. The fourth-order valence-electron chi connectivity index (χ4n) is 4.51. The number of carbonyl (C=O) groups is 2. The quantitative estimate of drug-likeness (QED) is 0.431. The Kier molecular flexibility index (Phi) is 6.62. The van der Waals surface area contributed by atoms with Crippen molar-refractivity contribution in [3.8, 4) is 11.3 Å². The highest BCUT2D eigenvalue weighted by molar-refractivity contribution is 6.06. The Morgan fingerprint density at radius 2 is 1.75 bits per heavy atom. The molecule has 0 radical (unpaired) electrons. The number of nitrogens with zero attached hydrogens (tertiary/aromatic N) is 5. The summed E-state index contributed by atoms with van der Waals surface area (Å²) in [5, 5.41) is 5.13. The lowest BCUT2D eigenvalue weighted by molar-refractivity contribution is 0.0759. The zero-order valence-electron chi connectivity index (χ0n) is 19.9. The normalized spacial score (nSPS) is 14.1. The van der Waals surface area contributed by atoms with Crippen LogP contribution in [0.1, 0.15) is 22.3 Å². The second kappa shape index (κ2) is 10.2. The number of ether oxygens (including phenoxy) is 1. The number of methoxy groups -OCH3 is 1. The average Bonchev–Trinajstić information content (AvgIpc) is 3.14. The molecule has 0 N–H and O–H groups in total. The summed E-state index contributed by atoms with van der Waals surface area (Å²) in [6.45, 7) is 2.17. The standard InChI is InChI=1S/C27H26FN5O3/c1-36-27(35)32-12-6-11-31(13-14-32)26(34)22-16-24(20-8-3-2-4-9-20)30-25-23(22)17-29-33(25)18-19-7-5-10-21(28)15-19/h2-5,7-10,15-17H,6,11-14,18H2,1H3. The zero-order chi connectivity index (χ0) is 25.1. The second-order valence-electron chi connectivity index (χ2n) is 8.69. The minimum Gasteiger partial charge on any atom is -0.453 e. The molecule has 1 aliphatic heterocycles. The minimum atomic E-state index is -0.388. The molecule has 184 valence electrons. The largest absolute Gasteiger partial charge is 0.453 e. The number of halogens is 1. The van der Waals surface area contributed by atoms with Crippen LogP contribution in [0.4, 0.5) is 9.18 Å². The van der Waals surface area contributed by atoms with Crippen molar-refractivity contribution in [1.29, 1.82) is 0 Å². The summed E-state index contributed by atoms with van der Waals surface area (Å²) in [4.78, 5) is 34.0. The molecule has 2 aromatic carbocycles. The van der Waals surface area contributed by atoms with E-state index in [4.69, 9.17) is 9.72 Å². The average molecular weight is 488 g/mol. The molecule has 0 atom stereocenters. The highest BCUT2D eigenvalue weighted by atomic mass is 19.1. The lowest BCUT2D eigenvalue weighted by Crippen LogP contribution is -2.37.